The molecule has 0 bridgehead atoms. The highest BCUT2D eigenvalue weighted by atomic mass is 16.5. The molecule has 0 spiro atoms. The summed E-state index contributed by atoms with van der Waals surface area (Å²) in [7, 11) is 0. The van der Waals surface area contributed by atoms with E-state index in [0.717, 1.165) is 16.3 Å². The molecule has 2 aromatic carbocycles. The maximum absolute atomic E-state index is 12.8. The molecule has 0 aliphatic rings. The lowest BCUT2D eigenvalue weighted by Crippen LogP contribution is -2.49. The third-order valence-corrected chi connectivity index (χ3v) is 4.73. The molecule has 0 radical (unpaired) electrons. The van der Waals surface area contributed by atoms with Crippen molar-refractivity contribution in [2.45, 2.75) is 39.2 Å². The molecule has 156 valence electrons. The van der Waals surface area contributed by atoms with E-state index in [1.54, 1.807) is 5.48 Å². The van der Waals surface area contributed by atoms with E-state index in [-0.39, 0.29) is 18.8 Å². The molecule has 8 nitrogen and oxygen atoms in total. The van der Waals surface area contributed by atoms with Crippen LogP contribution in [0.2, 0.25) is 0 Å². The minimum Gasteiger partial charge on any atom is -0.344 e. The number of benzene rings is 2. The Hall–Kier alpha value is -2.97. The molecule has 2 atom stereocenters. The Morgan fingerprint density at radius 3 is 2.28 bits per heavy atom. The topological polar surface area (TPSA) is 128 Å². The van der Waals surface area contributed by atoms with Gasteiger partial charge in [-0.05, 0) is 28.7 Å². The van der Waals surface area contributed by atoms with Gasteiger partial charge in [-0.3, -0.25) is 24.8 Å². The lowest BCUT2D eigenvalue weighted by atomic mass is 9.92. The summed E-state index contributed by atoms with van der Waals surface area (Å²) in [6.45, 7) is 3.82. The van der Waals surface area contributed by atoms with Crippen LogP contribution in [0.15, 0.2) is 42.5 Å². The number of carbonyl (C=O) groups excluding carboxylic acids is 3. The van der Waals surface area contributed by atoms with Crippen molar-refractivity contribution in [1.82, 2.24) is 16.3 Å². The van der Waals surface area contributed by atoms with E-state index in [0.29, 0.717) is 6.42 Å². The highest BCUT2D eigenvalue weighted by Crippen LogP contribution is 2.21. The second kappa shape index (κ2) is 10.5. The Labute approximate surface area is 169 Å². The Kier molecular flexibility index (Phi) is 8.11. The Morgan fingerprint density at radius 1 is 0.931 bits per heavy atom. The first kappa shape index (κ1) is 22.3. The number of hydroxylamine groups is 2. The third-order valence-electron chi connectivity index (χ3n) is 4.73. The first-order chi connectivity index (χ1) is 13.8. The zero-order chi connectivity index (χ0) is 21.4. The largest absolute Gasteiger partial charge is 0.344 e. The van der Waals surface area contributed by atoms with Crippen molar-refractivity contribution < 1.29 is 24.8 Å². The smallest absolute Gasteiger partial charge is 0.266 e. The highest BCUT2D eigenvalue weighted by molar-refractivity contribution is 5.91. The van der Waals surface area contributed by atoms with E-state index in [9.17, 15) is 14.4 Å². The highest BCUT2D eigenvalue weighted by Gasteiger charge is 2.28. The first-order valence-electron chi connectivity index (χ1n) is 9.49. The van der Waals surface area contributed by atoms with Gasteiger partial charge < -0.3 is 5.32 Å². The van der Waals surface area contributed by atoms with E-state index in [4.69, 9.17) is 10.4 Å². The van der Waals surface area contributed by atoms with Crippen molar-refractivity contribution in [2.75, 3.05) is 0 Å². The molecule has 29 heavy (non-hydrogen) atoms. The zero-order valence-electron chi connectivity index (χ0n) is 16.5. The summed E-state index contributed by atoms with van der Waals surface area (Å²) in [5, 5.41) is 22.5. The predicted molar refractivity (Wildman–Crippen MR) is 107 cm³/mol. The Bertz CT molecular complexity index is 863. The number of hydrogen-bond acceptors (Lipinski definition) is 5. The molecule has 0 saturated heterocycles. The lowest BCUT2D eigenvalue weighted by molar-refractivity contribution is -0.138. The summed E-state index contributed by atoms with van der Waals surface area (Å²) in [5.74, 6) is -2.51. The van der Waals surface area contributed by atoms with Gasteiger partial charge in [-0.15, -0.1) is 0 Å². The fourth-order valence-electron chi connectivity index (χ4n) is 3.39. The minimum atomic E-state index is -1.02. The fourth-order valence-corrected chi connectivity index (χ4v) is 3.39. The van der Waals surface area contributed by atoms with Crippen LogP contribution in [0.3, 0.4) is 0 Å². The third kappa shape index (κ3) is 6.27. The standard InChI is InChI=1S/C21H27N3O5/c1-13(2)10-16(12-19(25)23-28)20(26)22-18(21(27)24-29)11-15-8-5-7-14-6-3-4-9-17(14)15/h3-9,13,16,18,28-29H,10-12H2,1-2H3,(H,22,26)(H,23,25)(H,24,27)/t16-,18+/m0/s1. The average Bonchev–Trinajstić information content (AvgIpc) is 2.71. The Balaban J connectivity index is 2.23. The maximum atomic E-state index is 12.8. The Morgan fingerprint density at radius 2 is 1.62 bits per heavy atom. The molecule has 0 aromatic heterocycles. The monoisotopic (exact) mass is 401 g/mol. The number of fused-ring (bicyclic) bond motifs is 1. The predicted octanol–water partition coefficient (Wildman–Crippen LogP) is 1.93. The normalized spacial score (nSPS) is 13.0. The molecule has 0 fully saturated rings. The van der Waals surface area contributed by atoms with Crippen LogP contribution in [0.4, 0.5) is 0 Å². The van der Waals surface area contributed by atoms with Crippen LogP contribution in [0.25, 0.3) is 10.8 Å². The van der Waals surface area contributed by atoms with Crippen molar-refractivity contribution in [2.24, 2.45) is 11.8 Å². The summed E-state index contributed by atoms with van der Waals surface area (Å²) in [6, 6.07) is 12.3. The molecule has 0 saturated carbocycles. The SMILES string of the molecule is CC(C)C[C@@H](CC(=O)NO)C(=O)N[C@H](Cc1cccc2ccccc12)C(=O)NO. The van der Waals surface area contributed by atoms with Crippen LogP contribution in [0, 0.1) is 11.8 Å². The van der Waals surface area contributed by atoms with Crippen molar-refractivity contribution in [3.8, 4) is 0 Å². The van der Waals surface area contributed by atoms with Crippen LogP contribution in [-0.2, 0) is 20.8 Å². The van der Waals surface area contributed by atoms with Crippen LogP contribution in [0.5, 0.6) is 0 Å². The van der Waals surface area contributed by atoms with Crippen LogP contribution < -0.4 is 16.3 Å². The quantitative estimate of drug-likeness (QED) is 0.324. The number of carbonyl (C=O) groups is 3. The summed E-state index contributed by atoms with van der Waals surface area (Å²) in [5.41, 5.74) is 3.97. The van der Waals surface area contributed by atoms with Gasteiger partial charge in [0.15, 0.2) is 0 Å². The average molecular weight is 401 g/mol. The summed E-state index contributed by atoms with van der Waals surface area (Å²) >= 11 is 0. The van der Waals surface area contributed by atoms with Crippen molar-refractivity contribution in [3.63, 3.8) is 0 Å². The van der Waals surface area contributed by atoms with Gasteiger partial charge in [-0.2, -0.15) is 0 Å². The molecular formula is C21H27N3O5. The van der Waals surface area contributed by atoms with E-state index in [1.165, 1.54) is 5.48 Å². The summed E-state index contributed by atoms with van der Waals surface area (Å²) in [4.78, 5) is 36.6. The first-order valence-corrected chi connectivity index (χ1v) is 9.49. The molecule has 0 unspecified atom stereocenters. The summed E-state index contributed by atoms with van der Waals surface area (Å²) in [6.07, 6.45) is 0.364. The number of rotatable bonds is 9. The van der Waals surface area contributed by atoms with Crippen molar-refractivity contribution in [1.29, 1.82) is 0 Å². The van der Waals surface area contributed by atoms with Gasteiger partial charge in [-0.1, -0.05) is 56.3 Å². The van der Waals surface area contributed by atoms with Gasteiger partial charge in [0.1, 0.15) is 6.04 Å². The second-order valence-corrected chi connectivity index (χ2v) is 7.45. The van der Waals surface area contributed by atoms with Gasteiger partial charge in [0, 0.05) is 18.8 Å². The number of amides is 3. The summed E-state index contributed by atoms with van der Waals surface area (Å²) < 4.78 is 0. The molecule has 8 heteroatoms. The second-order valence-electron chi connectivity index (χ2n) is 7.45. The van der Waals surface area contributed by atoms with Crippen molar-refractivity contribution >= 4 is 28.5 Å². The fraction of sp³-hybridized carbons (Fsp3) is 0.381. The van der Waals surface area contributed by atoms with Gasteiger partial charge in [0.25, 0.3) is 5.91 Å². The zero-order valence-corrected chi connectivity index (χ0v) is 16.5. The van der Waals surface area contributed by atoms with Crippen molar-refractivity contribution in [3.05, 3.63) is 48.0 Å². The molecule has 5 N–H and O–H groups in total. The van der Waals surface area contributed by atoms with E-state index < -0.39 is 29.7 Å². The molecule has 2 aromatic rings. The van der Waals surface area contributed by atoms with E-state index in [2.05, 4.69) is 5.32 Å². The molecule has 0 aliphatic carbocycles. The minimum absolute atomic E-state index is 0.125. The molecular weight excluding hydrogens is 374 g/mol. The van der Waals surface area contributed by atoms with E-state index in [1.807, 2.05) is 56.3 Å². The maximum Gasteiger partial charge on any atom is 0.266 e. The van der Waals surface area contributed by atoms with Gasteiger partial charge in [0.2, 0.25) is 11.8 Å². The number of nitrogens with one attached hydrogen (secondary N) is 3. The van der Waals surface area contributed by atoms with Gasteiger partial charge in [0.05, 0.1) is 0 Å². The lowest BCUT2D eigenvalue weighted by Gasteiger charge is -2.22. The van der Waals surface area contributed by atoms with E-state index >= 15 is 0 Å². The van der Waals surface area contributed by atoms with Crippen LogP contribution >= 0.6 is 0 Å². The number of hydrogen-bond donors (Lipinski definition) is 5. The molecule has 2 rings (SSSR count). The molecule has 3 amide bonds. The van der Waals surface area contributed by atoms with Gasteiger partial charge in [-0.25, -0.2) is 11.0 Å². The molecule has 0 aliphatic heterocycles. The molecule has 0 heterocycles. The van der Waals surface area contributed by atoms with Crippen LogP contribution in [-0.4, -0.2) is 34.2 Å². The van der Waals surface area contributed by atoms with Crippen LogP contribution in [0.1, 0.15) is 32.3 Å². The van der Waals surface area contributed by atoms with Gasteiger partial charge >= 0.3 is 0 Å².